The monoisotopic (exact) mass is 213 g/mol. The van der Waals surface area contributed by atoms with E-state index in [4.69, 9.17) is 12.2 Å². The molecule has 0 atom stereocenters. The van der Waals surface area contributed by atoms with Crippen molar-refractivity contribution in [3.05, 3.63) is 16.7 Å². The Kier molecular flexibility index (Phi) is 4.35. The van der Waals surface area contributed by atoms with Gasteiger partial charge in [0.1, 0.15) is 0 Å². The third-order valence-electron chi connectivity index (χ3n) is 2.61. The smallest absolute Gasteiger partial charge is 0.177 e. The first kappa shape index (κ1) is 11.5. The minimum absolute atomic E-state index is 0.828. The van der Waals surface area contributed by atoms with Crippen LogP contribution < -0.4 is 0 Å². The summed E-state index contributed by atoms with van der Waals surface area (Å²) in [4.78, 5) is 5.45. The molecule has 0 saturated carbocycles. The molecule has 0 bridgehead atoms. The Bertz CT molecular complexity index is 322. The minimum atomic E-state index is 0.828. The number of nitrogens with zero attached hydrogens (tertiary/aromatic N) is 2. The second-order valence-electron chi connectivity index (χ2n) is 3.41. The fraction of sp³-hybridized carbons (Fsp3) is 0.700. The number of H-pyrrole nitrogens is 1. The molecule has 0 aromatic carbocycles. The van der Waals surface area contributed by atoms with Crippen molar-refractivity contribution in [1.29, 1.82) is 0 Å². The van der Waals surface area contributed by atoms with Crippen LogP contribution in [0.1, 0.15) is 19.5 Å². The molecule has 0 amide bonds. The Balaban J connectivity index is 2.57. The van der Waals surface area contributed by atoms with Gasteiger partial charge in [-0.15, -0.1) is 0 Å². The quantitative estimate of drug-likeness (QED) is 0.758. The summed E-state index contributed by atoms with van der Waals surface area (Å²) < 4.78 is 2.97. The summed E-state index contributed by atoms with van der Waals surface area (Å²) in [6.07, 6.45) is 1.96. The standard InChI is InChI=1S/C10H19N3S/c1-4-12(5-2)6-7-13-9(3)8-11-10(13)14/h8H,4-7H2,1-3H3,(H,11,14). The number of aryl methyl sites for hydroxylation is 1. The lowest BCUT2D eigenvalue weighted by molar-refractivity contribution is 0.289. The number of likely N-dealkylation sites (N-methyl/N-ethyl adjacent to an activating group) is 1. The Hall–Kier alpha value is -0.610. The summed E-state index contributed by atoms with van der Waals surface area (Å²) in [5, 5.41) is 0. The lowest BCUT2D eigenvalue weighted by atomic mass is 10.4. The fourth-order valence-corrected chi connectivity index (χ4v) is 1.84. The SMILES string of the molecule is CCN(CC)CCn1c(C)c[nH]c1=S. The summed E-state index contributed by atoms with van der Waals surface area (Å²) in [5.74, 6) is 0. The zero-order valence-electron chi connectivity index (χ0n) is 9.21. The molecule has 1 heterocycles. The molecule has 1 rings (SSSR count). The highest BCUT2D eigenvalue weighted by Gasteiger charge is 2.02. The van der Waals surface area contributed by atoms with Gasteiger partial charge >= 0.3 is 0 Å². The van der Waals surface area contributed by atoms with Gasteiger partial charge in [0.25, 0.3) is 0 Å². The van der Waals surface area contributed by atoms with Gasteiger partial charge in [-0.3, -0.25) is 0 Å². The van der Waals surface area contributed by atoms with Crippen LogP contribution in [0.15, 0.2) is 6.20 Å². The van der Waals surface area contributed by atoms with E-state index in [1.807, 2.05) is 6.20 Å². The molecule has 0 saturated heterocycles. The van der Waals surface area contributed by atoms with Crippen molar-refractivity contribution in [2.75, 3.05) is 19.6 Å². The van der Waals surface area contributed by atoms with Crippen molar-refractivity contribution in [2.45, 2.75) is 27.3 Å². The molecule has 0 fully saturated rings. The second kappa shape index (κ2) is 5.32. The van der Waals surface area contributed by atoms with E-state index in [9.17, 15) is 0 Å². The van der Waals surface area contributed by atoms with Crippen LogP contribution in [0.5, 0.6) is 0 Å². The first-order valence-electron chi connectivity index (χ1n) is 5.16. The summed E-state index contributed by atoms with van der Waals surface area (Å²) in [6, 6.07) is 0. The Morgan fingerprint density at radius 1 is 1.43 bits per heavy atom. The van der Waals surface area contributed by atoms with Gasteiger partial charge in [0.05, 0.1) is 0 Å². The van der Waals surface area contributed by atoms with Crippen LogP contribution in [0.2, 0.25) is 0 Å². The van der Waals surface area contributed by atoms with E-state index in [1.165, 1.54) is 5.69 Å². The average Bonchev–Trinajstić information content (AvgIpc) is 2.50. The normalized spacial score (nSPS) is 11.1. The van der Waals surface area contributed by atoms with Crippen LogP contribution in [0.4, 0.5) is 0 Å². The predicted octanol–water partition coefficient (Wildman–Crippen LogP) is 2.20. The van der Waals surface area contributed by atoms with Gasteiger partial charge in [-0.2, -0.15) is 0 Å². The number of rotatable bonds is 5. The molecule has 0 aliphatic rings. The van der Waals surface area contributed by atoms with Crippen molar-refractivity contribution in [3.8, 4) is 0 Å². The molecule has 0 spiro atoms. The van der Waals surface area contributed by atoms with Crippen molar-refractivity contribution >= 4 is 12.2 Å². The Labute approximate surface area is 90.7 Å². The van der Waals surface area contributed by atoms with Crippen molar-refractivity contribution in [1.82, 2.24) is 14.5 Å². The van der Waals surface area contributed by atoms with Gasteiger partial charge in [-0.25, -0.2) is 0 Å². The number of aromatic amines is 1. The van der Waals surface area contributed by atoms with E-state index in [0.717, 1.165) is 31.0 Å². The van der Waals surface area contributed by atoms with Crippen LogP contribution in [-0.2, 0) is 6.54 Å². The molecule has 1 aromatic heterocycles. The van der Waals surface area contributed by atoms with E-state index < -0.39 is 0 Å². The maximum atomic E-state index is 5.19. The summed E-state index contributed by atoms with van der Waals surface area (Å²) in [6.45, 7) is 10.7. The van der Waals surface area contributed by atoms with Crippen molar-refractivity contribution in [2.24, 2.45) is 0 Å². The Morgan fingerprint density at radius 3 is 2.50 bits per heavy atom. The fourth-order valence-electron chi connectivity index (χ4n) is 1.54. The predicted molar refractivity (Wildman–Crippen MR) is 62.1 cm³/mol. The third-order valence-corrected chi connectivity index (χ3v) is 2.95. The van der Waals surface area contributed by atoms with E-state index >= 15 is 0 Å². The van der Waals surface area contributed by atoms with Crippen LogP contribution in [0, 0.1) is 11.7 Å². The number of aromatic nitrogens is 2. The summed E-state index contributed by atoms with van der Waals surface area (Å²) in [7, 11) is 0. The maximum Gasteiger partial charge on any atom is 0.177 e. The van der Waals surface area contributed by atoms with Gasteiger partial charge in [0.15, 0.2) is 4.77 Å². The first-order chi connectivity index (χ1) is 6.69. The van der Waals surface area contributed by atoms with Gasteiger partial charge in [-0.05, 0) is 32.2 Å². The van der Waals surface area contributed by atoms with Gasteiger partial charge < -0.3 is 14.5 Å². The van der Waals surface area contributed by atoms with Gasteiger partial charge in [0, 0.05) is 25.0 Å². The van der Waals surface area contributed by atoms with Crippen LogP contribution in [-0.4, -0.2) is 34.1 Å². The molecule has 4 heteroatoms. The molecule has 1 N–H and O–H groups in total. The molecular formula is C10H19N3S. The lowest BCUT2D eigenvalue weighted by Crippen LogP contribution is -2.27. The topological polar surface area (TPSA) is 24.0 Å². The van der Waals surface area contributed by atoms with Gasteiger partial charge in [-0.1, -0.05) is 13.8 Å². The largest absolute Gasteiger partial charge is 0.337 e. The van der Waals surface area contributed by atoms with E-state index in [0.29, 0.717) is 0 Å². The lowest BCUT2D eigenvalue weighted by Gasteiger charge is -2.18. The molecule has 1 aromatic rings. The molecule has 3 nitrogen and oxygen atoms in total. The highest BCUT2D eigenvalue weighted by atomic mass is 32.1. The number of imidazole rings is 1. The molecule has 0 radical (unpaired) electrons. The van der Waals surface area contributed by atoms with Crippen molar-refractivity contribution in [3.63, 3.8) is 0 Å². The van der Waals surface area contributed by atoms with Crippen molar-refractivity contribution < 1.29 is 0 Å². The molecule has 0 unspecified atom stereocenters. The van der Waals surface area contributed by atoms with Crippen LogP contribution in [0.25, 0.3) is 0 Å². The molecule has 0 aliphatic carbocycles. The van der Waals surface area contributed by atoms with Crippen LogP contribution in [0.3, 0.4) is 0 Å². The second-order valence-corrected chi connectivity index (χ2v) is 3.80. The van der Waals surface area contributed by atoms with E-state index in [2.05, 4.69) is 35.2 Å². The number of nitrogens with one attached hydrogen (secondary N) is 1. The molecular weight excluding hydrogens is 194 g/mol. The molecule has 0 aliphatic heterocycles. The van der Waals surface area contributed by atoms with E-state index in [-0.39, 0.29) is 0 Å². The summed E-state index contributed by atoms with van der Waals surface area (Å²) in [5.41, 5.74) is 1.21. The average molecular weight is 213 g/mol. The number of hydrogen-bond donors (Lipinski definition) is 1. The number of hydrogen-bond acceptors (Lipinski definition) is 2. The molecule has 80 valence electrons. The van der Waals surface area contributed by atoms with E-state index in [1.54, 1.807) is 0 Å². The zero-order valence-corrected chi connectivity index (χ0v) is 10.0. The van der Waals surface area contributed by atoms with Gasteiger partial charge in [0.2, 0.25) is 0 Å². The first-order valence-corrected chi connectivity index (χ1v) is 5.57. The van der Waals surface area contributed by atoms with Crippen LogP contribution >= 0.6 is 12.2 Å². The highest BCUT2D eigenvalue weighted by Crippen LogP contribution is 2.00. The zero-order chi connectivity index (χ0) is 10.6. The molecule has 14 heavy (non-hydrogen) atoms. The maximum absolute atomic E-state index is 5.19. The highest BCUT2D eigenvalue weighted by molar-refractivity contribution is 7.71. The third kappa shape index (κ3) is 2.69. The Morgan fingerprint density at radius 2 is 2.07 bits per heavy atom. The minimum Gasteiger partial charge on any atom is -0.337 e. The summed E-state index contributed by atoms with van der Waals surface area (Å²) >= 11 is 5.19.